The summed E-state index contributed by atoms with van der Waals surface area (Å²) >= 11 is 0. The Labute approximate surface area is 117 Å². The molecule has 2 aromatic rings. The summed E-state index contributed by atoms with van der Waals surface area (Å²) < 4.78 is 5.32. The van der Waals surface area contributed by atoms with Gasteiger partial charge in [0.05, 0.1) is 13.2 Å². The quantitative estimate of drug-likeness (QED) is 0.897. The summed E-state index contributed by atoms with van der Waals surface area (Å²) in [6.07, 6.45) is 0. The number of nitrogens with one attached hydrogen (secondary N) is 1. The van der Waals surface area contributed by atoms with E-state index in [0.29, 0.717) is 26.3 Å². The lowest BCUT2D eigenvalue weighted by molar-refractivity contribution is -0.145. The Kier molecular flexibility index (Phi) is 3.46. The number of rotatable bonds is 3. The molecule has 2 N–H and O–H groups in total. The molecule has 20 heavy (non-hydrogen) atoms. The molecule has 0 amide bonds. The van der Waals surface area contributed by atoms with Gasteiger partial charge in [-0.25, -0.2) is 0 Å². The van der Waals surface area contributed by atoms with E-state index in [9.17, 15) is 9.90 Å². The van der Waals surface area contributed by atoms with E-state index in [2.05, 4.69) is 4.98 Å². The minimum Gasteiger partial charge on any atom is -0.480 e. The van der Waals surface area contributed by atoms with Crippen LogP contribution in [-0.4, -0.2) is 47.3 Å². The number of benzene rings is 1. The standard InChI is InChI=1S/C15H18N2O3/c1-10-13(11-4-2-3-5-12(11)16-10)14(15(18)19)17-6-8-20-9-7-17/h2-5,14,16H,6-9H2,1H3,(H,18,19). The van der Waals surface area contributed by atoms with Gasteiger partial charge in [0.25, 0.3) is 0 Å². The van der Waals surface area contributed by atoms with Crippen molar-refractivity contribution in [3.63, 3.8) is 0 Å². The minimum absolute atomic E-state index is 0.588. The van der Waals surface area contributed by atoms with E-state index in [-0.39, 0.29) is 0 Å². The molecule has 1 saturated heterocycles. The molecule has 106 valence electrons. The number of aromatic amines is 1. The average Bonchev–Trinajstić information content (AvgIpc) is 2.77. The molecule has 0 radical (unpaired) electrons. The Bertz CT molecular complexity index is 629. The van der Waals surface area contributed by atoms with Crippen LogP contribution in [0.4, 0.5) is 0 Å². The molecule has 1 aromatic heterocycles. The first-order valence-corrected chi connectivity index (χ1v) is 6.80. The molecule has 0 bridgehead atoms. The number of para-hydroxylation sites is 1. The number of hydrogen-bond acceptors (Lipinski definition) is 3. The number of ether oxygens (including phenoxy) is 1. The number of H-pyrrole nitrogens is 1. The molecule has 0 spiro atoms. The fourth-order valence-electron chi connectivity index (χ4n) is 2.95. The highest BCUT2D eigenvalue weighted by atomic mass is 16.5. The van der Waals surface area contributed by atoms with Gasteiger partial charge in [0, 0.05) is 35.2 Å². The van der Waals surface area contributed by atoms with E-state index >= 15 is 0 Å². The van der Waals surface area contributed by atoms with Gasteiger partial charge >= 0.3 is 5.97 Å². The van der Waals surface area contributed by atoms with E-state index in [4.69, 9.17) is 4.74 Å². The summed E-state index contributed by atoms with van der Waals surface area (Å²) in [5, 5.41) is 10.7. The minimum atomic E-state index is -0.806. The third-order valence-corrected chi connectivity index (χ3v) is 3.86. The fourth-order valence-corrected chi connectivity index (χ4v) is 2.95. The van der Waals surface area contributed by atoms with E-state index in [1.807, 2.05) is 36.1 Å². The number of carboxylic acids is 1. The number of fused-ring (bicyclic) bond motifs is 1. The number of nitrogens with zero attached hydrogens (tertiary/aromatic N) is 1. The Morgan fingerprint density at radius 2 is 2.05 bits per heavy atom. The summed E-state index contributed by atoms with van der Waals surface area (Å²) in [6, 6.07) is 7.23. The third kappa shape index (κ3) is 2.19. The first-order chi connectivity index (χ1) is 9.68. The lowest BCUT2D eigenvalue weighted by atomic mass is 10.0. The second-order valence-corrected chi connectivity index (χ2v) is 5.10. The van der Waals surface area contributed by atoms with Crippen LogP contribution in [0.1, 0.15) is 17.3 Å². The first kappa shape index (κ1) is 13.1. The number of carbonyl (C=O) groups is 1. The first-order valence-electron chi connectivity index (χ1n) is 6.80. The van der Waals surface area contributed by atoms with E-state index in [0.717, 1.165) is 22.2 Å². The maximum absolute atomic E-state index is 11.8. The van der Waals surface area contributed by atoms with Crippen molar-refractivity contribution >= 4 is 16.9 Å². The second-order valence-electron chi connectivity index (χ2n) is 5.10. The molecule has 0 saturated carbocycles. The number of aliphatic carboxylic acids is 1. The van der Waals surface area contributed by atoms with Crippen LogP contribution in [0.15, 0.2) is 24.3 Å². The largest absolute Gasteiger partial charge is 0.480 e. The van der Waals surface area contributed by atoms with Gasteiger partial charge in [-0.1, -0.05) is 18.2 Å². The van der Waals surface area contributed by atoms with Gasteiger partial charge in [0.2, 0.25) is 0 Å². The molecule has 1 atom stereocenters. The highest BCUT2D eigenvalue weighted by molar-refractivity contribution is 5.90. The smallest absolute Gasteiger partial charge is 0.325 e. The van der Waals surface area contributed by atoms with Crippen molar-refractivity contribution in [2.24, 2.45) is 0 Å². The Hall–Kier alpha value is -1.85. The second kappa shape index (κ2) is 5.26. The van der Waals surface area contributed by atoms with Gasteiger partial charge in [-0.3, -0.25) is 9.69 Å². The van der Waals surface area contributed by atoms with Crippen molar-refractivity contribution in [2.45, 2.75) is 13.0 Å². The van der Waals surface area contributed by atoms with Crippen molar-refractivity contribution in [1.82, 2.24) is 9.88 Å². The van der Waals surface area contributed by atoms with E-state index in [1.54, 1.807) is 0 Å². The van der Waals surface area contributed by atoms with Crippen LogP contribution in [0.25, 0.3) is 10.9 Å². The Morgan fingerprint density at radius 1 is 1.35 bits per heavy atom. The summed E-state index contributed by atoms with van der Waals surface area (Å²) in [5.74, 6) is -0.806. The number of hydrogen-bond donors (Lipinski definition) is 2. The van der Waals surface area contributed by atoms with Crippen LogP contribution in [0.2, 0.25) is 0 Å². The molecule has 1 aliphatic rings. The summed E-state index contributed by atoms with van der Waals surface area (Å²) in [5.41, 5.74) is 2.78. The molecule has 5 heteroatoms. The SMILES string of the molecule is Cc1[nH]c2ccccc2c1C(C(=O)O)N1CCOCC1. The predicted molar refractivity (Wildman–Crippen MR) is 75.8 cm³/mol. The van der Waals surface area contributed by atoms with Gasteiger partial charge in [-0.15, -0.1) is 0 Å². The van der Waals surface area contributed by atoms with Crippen molar-refractivity contribution in [3.05, 3.63) is 35.5 Å². The number of carboxylic acid groups (broad SMARTS) is 1. The monoisotopic (exact) mass is 274 g/mol. The maximum atomic E-state index is 11.8. The molecular formula is C15H18N2O3. The van der Waals surface area contributed by atoms with Gasteiger partial charge in [-0.2, -0.15) is 0 Å². The van der Waals surface area contributed by atoms with Gasteiger partial charge in [0.15, 0.2) is 0 Å². The maximum Gasteiger partial charge on any atom is 0.325 e. The molecule has 1 unspecified atom stereocenters. The Morgan fingerprint density at radius 3 is 2.75 bits per heavy atom. The molecule has 5 nitrogen and oxygen atoms in total. The van der Waals surface area contributed by atoms with Gasteiger partial charge in [0.1, 0.15) is 6.04 Å². The molecule has 3 rings (SSSR count). The zero-order valence-corrected chi connectivity index (χ0v) is 11.4. The zero-order valence-electron chi connectivity index (χ0n) is 11.4. The van der Waals surface area contributed by atoms with E-state index < -0.39 is 12.0 Å². The van der Waals surface area contributed by atoms with Crippen LogP contribution in [-0.2, 0) is 9.53 Å². The van der Waals surface area contributed by atoms with Crippen LogP contribution in [0.5, 0.6) is 0 Å². The molecule has 0 aliphatic carbocycles. The third-order valence-electron chi connectivity index (χ3n) is 3.86. The molecule has 1 aromatic carbocycles. The van der Waals surface area contributed by atoms with Gasteiger partial charge in [-0.05, 0) is 13.0 Å². The number of aryl methyl sites for hydroxylation is 1. The summed E-state index contributed by atoms with van der Waals surface area (Å²) in [6.45, 7) is 4.41. The van der Waals surface area contributed by atoms with E-state index in [1.165, 1.54) is 0 Å². The molecule has 2 heterocycles. The van der Waals surface area contributed by atoms with Crippen LogP contribution in [0.3, 0.4) is 0 Å². The summed E-state index contributed by atoms with van der Waals surface area (Å²) in [7, 11) is 0. The van der Waals surface area contributed by atoms with Gasteiger partial charge < -0.3 is 14.8 Å². The van der Waals surface area contributed by atoms with Crippen molar-refractivity contribution in [1.29, 1.82) is 0 Å². The van der Waals surface area contributed by atoms with Crippen molar-refractivity contribution in [3.8, 4) is 0 Å². The van der Waals surface area contributed by atoms with Crippen molar-refractivity contribution in [2.75, 3.05) is 26.3 Å². The Balaban J connectivity index is 2.09. The normalized spacial score (nSPS) is 18.2. The summed E-state index contributed by atoms with van der Waals surface area (Å²) in [4.78, 5) is 17.1. The number of aromatic nitrogens is 1. The lowest BCUT2D eigenvalue weighted by Crippen LogP contribution is -2.42. The van der Waals surface area contributed by atoms with Crippen LogP contribution >= 0.6 is 0 Å². The van der Waals surface area contributed by atoms with Crippen molar-refractivity contribution < 1.29 is 14.6 Å². The predicted octanol–water partition coefficient (Wildman–Crippen LogP) is 1.93. The van der Waals surface area contributed by atoms with Crippen LogP contribution in [0, 0.1) is 6.92 Å². The topological polar surface area (TPSA) is 65.6 Å². The fraction of sp³-hybridized carbons (Fsp3) is 0.400. The highest BCUT2D eigenvalue weighted by Crippen LogP contribution is 2.32. The van der Waals surface area contributed by atoms with Crippen LogP contribution < -0.4 is 0 Å². The average molecular weight is 274 g/mol. The highest BCUT2D eigenvalue weighted by Gasteiger charge is 2.32. The molecule has 1 fully saturated rings. The molecule has 1 aliphatic heterocycles. The number of morpholine rings is 1. The molecular weight excluding hydrogens is 256 g/mol. The zero-order chi connectivity index (χ0) is 14.1. The lowest BCUT2D eigenvalue weighted by Gasteiger charge is -2.32.